The molecule has 1 atom stereocenters. The molecule has 0 fully saturated rings. The van der Waals surface area contributed by atoms with Crippen molar-refractivity contribution in [2.75, 3.05) is 6.61 Å². The van der Waals surface area contributed by atoms with E-state index in [-0.39, 0.29) is 27.5 Å². The van der Waals surface area contributed by atoms with Gasteiger partial charge in [-0.05, 0) is 0 Å². The first kappa shape index (κ1) is 12.4. The number of hydrogen-bond donors (Lipinski definition) is 0. The van der Waals surface area contributed by atoms with E-state index < -0.39 is 0 Å². The summed E-state index contributed by atoms with van der Waals surface area (Å²) in [5, 5.41) is 1.41. The molecule has 0 N–H and O–H groups in total. The van der Waals surface area contributed by atoms with E-state index in [1.807, 2.05) is 13.0 Å². The fraction of sp³-hybridized carbons (Fsp3) is 0.250. The van der Waals surface area contributed by atoms with Gasteiger partial charge in [0.1, 0.15) is 0 Å². The molecule has 0 radical (unpaired) electrons. The Balaban J connectivity index is 0.00000121. The minimum atomic E-state index is 0. The van der Waals surface area contributed by atoms with Crippen LogP contribution < -0.4 is 17.7 Å². The van der Waals surface area contributed by atoms with Gasteiger partial charge in [-0.1, -0.05) is 0 Å². The van der Waals surface area contributed by atoms with Crippen molar-refractivity contribution in [1.82, 2.24) is 0 Å². The normalized spacial score (nSPS) is 9.42. The van der Waals surface area contributed by atoms with Gasteiger partial charge in [0, 0.05) is 0 Å². The maximum absolute atomic E-state index is 5.33. The molecule has 1 aromatic carbocycles. The Kier molecular flexibility index (Phi) is 8.34. The first-order valence-corrected chi connectivity index (χ1v) is 6.96. The largest absolute Gasteiger partial charge is 1.00 e. The summed E-state index contributed by atoms with van der Waals surface area (Å²) in [6, 6.07) is 10.5. The van der Waals surface area contributed by atoms with Crippen molar-refractivity contribution in [3.63, 3.8) is 0 Å². The summed E-state index contributed by atoms with van der Waals surface area (Å²) >= 11 is 0.189. The Morgan fingerprint density at radius 1 is 1.33 bits per heavy atom. The zero-order valence-electron chi connectivity index (χ0n) is 6.96. The van der Waals surface area contributed by atoms with Gasteiger partial charge in [0.2, 0.25) is 0 Å². The fourth-order valence-electron chi connectivity index (χ4n) is 0.727. The van der Waals surface area contributed by atoms with E-state index in [0.29, 0.717) is 0 Å². The Labute approximate surface area is 87.7 Å². The molecule has 0 aliphatic rings. The van der Waals surface area contributed by atoms with E-state index in [9.17, 15) is 0 Å². The second-order valence-corrected chi connectivity index (χ2v) is 5.09. The molecule has 0 heterocycles. The molecule has 1 nitrogen and oxygen atoms in total. The van der Waals surface area contributed by atoms with Crippen molar-refractivity contribution in [2.24, 2.45) is 0 Å². The van der Waals surface area contributed by atoms with Crippen molar-refractivity contribution in [3.8, 4) is 0 Å². The molecule has 0 aliphatic heterocycles. The maximum Gasteiger partial charge on any atom is -1.00 e. The van der Waals surface area contributed by atoms with Crippen LogP contribution in [0.3, 0.4) is 0 Å². The van der Waals surface area contributed by atoms with Gasteiger partial charge in [-0.2, -0.15) is 0 Å². The smallest absolute Gasteiger partial charge is 1.00 e. The molecule has 0 saturated heterocycles. The van der Waals surface area contributed by atoms with Crippen LogP contribution in [0.4, 0.5) is 0 Å². The van der Waals surface area contributed by atoms with Gasteiger partial charge in [-0.3, -0.25) is 0 Å². The first-order chi connectivity index (χ1) is 5.43. The van der Waals surface area contributed by atoms with Crippen LogP contribution >= 0.6 is 7.23 Å². The average Bonchev–Trinajstić information content (AvgIpc) is 2.07. The van der Waals surface area contributed by atoms with E-state index in [2.05, 4.69) is 24.3 Å². The molecule has 1 unspecified atom stereocenters. The summed E-state index contributed by atoms with van der Waals surface area (Å²) in [4.78, 5) is 0. The van der Waals surface area contributed by atoms with Crippen LogP contribution in [0.5, 0.6) is 0 Å². The van der Waals surface area contributed by atoms with E-state index in [1.54, 1.807) is 0 Å². The van der Waals surface area contributed by atoms with Crippen molar-refractivity contribution in [2.45, 2.75) is 6.92 Å². The van der Waals surface area contributed by atoms with Crippen LogP contribution in [0, 0.1) is 0 Å². The third kappa shape index (κ3) is 5.14. The van der Waals surface area contributed by atoms with Crippen LogP contribution in [0.25, 0.3) is 0 Å². The molecule has 64 valence electrons. The molecular formula is C8H11AlClOP. The second kappa shape index (κ2) is 8.05. The summed E-state index contributed by atoms with van der Waals surface area (Å²) in [6.07, 6.45) is 0. The minimum Gasteiger partial charge on any atom is -1.00 e. The van der Waals surface area contributed by atoms with Crippen molar-refractivity contribution < 1.29 is 16.2 Å². The van der Waals surface area contributed by atoms with Gasteiger partial charge in [0.25, 0.3) is 0 Å². The summed E-state index contributed by atoms with van der Waals surface area (Å²) in [5.41, 5.74) is 0. The van der Waals surface area contributed by atoms with Crippen LogP contribution in [0.1, 0.15) is 6.92 Å². The molecule has 0 aliphatic carbocycles. The van der Waals surface area contributed by atoms with E-state index in [0.717, 1.165) is 13.8 Å². The number of benzene rings is 1. The minimum absolute atomic E-state index is 0. The van der Waals surface area contributed by atoms with Gasteiger partial charge in [0.05, 0.1) is 0 Å². The van der Waals surface area contributed by atoms with Crippen molar-refractivity contribution >= 4 is 27.6 Å². The molecule has 0 amide bonds. The molecule has 0 saturated carbocycles. The molecule has 1 rings (SSSR count). The topological polar surface area (TPSA) is 9.23 Å². The summed E-state index contributed by atoms with van der Waals surface area (Å²) in [7, 11) is 0.872. The quantitative estimate of drug-likeness (QED) is 0.341. The van der Waals surface area contributed by atoms with Gasteiger partial charge >= 0.3 is 75.3 Å². The molecule has 0 spiro atoms. The number of halogens is 1. The average molecular weight is 217 g/mol. The zero-order valence-corrected chi connectivity index (χ0v) is 9.87. The van der Waals surface area contributed by atoms with Crippen LogP contribution in [0.15, 0.2) is 30.3 Å². The first-order valence-electron chi connectivity index (χ1n) is 3.68. The van der Waals surface area contributed by atoms with E-state index >= 15 is 0 Å². The molecule has 0 aromatic heterocycles. The summed E-state index contributed by atoms with van der Waals surface area (Å²) < 4.78 is 5.33. The number of hydrogen-bond acceptors (Lipinski definition) is 1. The molecule has 0 bridgehead atoms. The van der Waals surface area contributed by atoms with Gasteiger partial charge in [0.15, 0.2) is 0 Å². The Morgan fingerprint density at radius 2 is 2.00 bits per heavy atom. The van der Waals surface area contributed by atoms with Gasteiger partial charge in [-0.15, -0.1) is 0 Å². The van der Waals surface area contributed by atoms with Gasteiger partial charge < -0.3 is 12.4 Å². The van der Waals surface area contributed by atoms with Crippen molar-refractivity contribution in [1.29, 1.82) is 0 Å². The fourth-order valence-corrected chi connectivity index (χ4v) is 3.23. The van der Waals surface area contributed by atoms with E-state index in [4.69, 9.17) is 3.79 Å². The predicted octanol–water partition coefficient (Wildman–Crippen LogP) is -1.43. The SMILES string of the molecule is CC[O][Al+][PH]c1ccccc1.[Cl-]. The predicted molar refractivity (Wildman–Crippen MR) is 51.8 cm³/mol. The van der Waals surface area contributed by atoms with Crippen LogP contribution in [0.2, 0.25) is 0 Å². The Morgan fingerprint density at radius 3 is 2.58 bits per heavy atom. The number of rotatable bonds is 4. The van der Waals surface area contributed by atoms with Crippen molar-refractivity contribution in [3.05, 3.63) is 30.3 Å². The molecule has 12 heavy (non-hydrogen) atoms. The monoisotopic (exact) mass is 216 g/mol. The second-order valence-electron chi connectivity index (χ2n) is 2.08. The zero-order chi connectivity index (χ0) is 7.94. The molecule has 4 heteroatoms. The summed E-state index contributed by atoms with van der Waals surface area (Å²) in [6.45, 7) is 2.90. The summed E-state index contributed by atoms with van der Waals surface area (Å²) in [5.74, 6) is 0. The van der Waals surface area contributed by atoms with E-state index in [1.165, 1.54) is 5.30 Å². The third-order valence-electron chi connectivity index (χ3n) is 1.25. The van der Waals surface area contributed by atoms with Gasteiger partial charge in [-0.25, -0.2) is 0 Å². The standard InChI is InChI=1S/C6H6P.C2H5O.Al.ClH/c7-6-4-2-1-3-5-6;1-2-3;;/h1-5,7H;2H2,1H3;;1H/q2*-1;+3;/p-1. The van der Waals surface area contributed by atoms with Crippen LogP contribution in [-0.2, 0) is 3.79 Å². The molecular weight excluding hydrogens is 205 g/mol. The third-order valence-corrected chi connectivity index (χ3v) is 4.39. The maximum atomic E-state index is 5.33. The Hall–Kier alpha value is 0.432. The Bertz CT molecular complexity index is 196. The van der Waals surface area contributed by atoms with Crippen LogP contribution in [-0.4, -0.2) is 21.7 Å². The molecule has 1 aromatic rings.